The van der Waals surface area contributed by atoms with E-state index in [1.807, 2.05) is 13.8 Å². The lowest BCUT2D eigenvalue weighted by Gasteiger charge is -2.15. The highest BCUT2D eigenvalue weighted by Gasteiger charge is 2.19. The van der Waals surface area contributed by atoms with E-state index in [1.165, 1.54) is 16.7 Å². The van der Waals surface area contributed by atoms with Gasteiger partial charge < -0.3 is 14.3 Å². The van der Waals surface area contributed by atoms with Crippen molar-refractivity contribution in [2.45, 2.75) is 25.3 Å². The van der Waals surface area contributed by atoms with Crippen LogP contribution in [0, 0.1) is 6.92 Å². The molecule has 0 aliphatic rings. The summed E-state index contributed by atoms with van der Waals surface area (Å²) in [6.07, 6.45) is 2.11. The fourth-order valence-corrected chi connectivity index (χ4v) is 4.40. The number of benzene rings is 1. The average molecular weight is 493 g/mol. The number of anilines is 1. The number of rotatable bonds is 6. The second kappa shape index (κ2) is 8.97. The van der Waals surface area contributed by atoms with Crippen molar-refractivity contribution in [2.24, 2.45) is 12.2 Å². The molecule has 0 atom stereocenters. The zero-order valence-electron chi connectivity index (χ0n) is 19.5. The van der Waals surface area contributed by atoms with Crippen LogP contribution in [0.5, 0.6) is 0 Å². The summed E-state index contributed by atoms with van der Waals surface area (Å²) in [4.78, 5) is 28.9. The molecule has 0 amide bonds. The number of hydrogen-bond acceptors (Lipinski definition) is 7. The van der Waals surface area contributed by atoms with Crippen molar-refractivity contribution < 1.29 is 12.8 Å². The average Bonchev–Trinajstić information content (AvgIpc) is 2.80. The molecule has 3 aromatic heterocycles. The number of primary sulfonamides is 1. The maximum atomic E-state index is 13.0. The highest BCUT2D eigenvalue weighted by molar-refractivity contribution is 7.89. The van der Waals surface area contributed by atoms with Gasteiger partial charge in [-0.05, 0) is 49.2 Å². The third-order valence-electron chi connectivity index (χ3n) is 5.50. The standard InChI is InChI=1S/C25H24N4O5S/c1-5-17-7-8-20(25(28-17)35(26,32)33)27-15(3)18-10-14(2)11-19-21(30)12-22(34-24(18)19)16-6-9-23(31)29(4)13-16/h6-13,27H,3,5H2,1-2,4H3,(H2,26,32,33). The highest BCUT2D eigenvalue weighted by atomic mass is 32.2. The quantitative estimate of drug-likeness (QED) is 0.422. The van der Waals surface area contributed by atoms with Crippen molar-refractivity contribution in [3.63, 3.8) is 0 Å². The van der Waals surface area contributed by atoms with Gasteiger partial charge in [0.15, 0.2) is 10.5 Å². The van der Waals surface area contributed by atoms with Gasteiger partial charge in [-0.1, -0.05) is 13.5 Å². The lowest BCUT2D eigenvalue weighted by atomic mass is 10.0. The smallest absolute Gasteiger partial charge is 0.257 e. The van der Waals surface area contributed by atoms with Crippen LogP contribution in [-0.4, -0.2) is 18.0 Å². The Balaban J connectivity index is 1.87. The molecule has 0 fully saturated rings. The first-order valence-corrected chi connectivity index (χ1v) is 12.3. The monoisotopic (exact) mass is 492 g/mol. The first-order chi connectivity index (χ1) is 16.5. The van der Waals surface area contributed by atoms with E-state index in [-0.39, 0.29) is 38.7 Å². The number of nitrogens with one attached hydrogen (secondary N) is 1. The Morgan fingerprint density at radius 3 is 2.57 bits per heavy atom. The van der Waals surface area contributed by atoms with Gasteiger partial charge in [0.1, 0.15) is 11.3 Å². The molecule has 10 heteroatoms. The van der Waals surface area contributed by atoms with Crippen LogP contribution < -0.4 is 21.4 Å². The van der Waals surface area contributed by atoms with Crippen molar-refractivity contribution in [1.29, 1.82) is 0 Å². The van der Waals surface area contributed by atoms with Crippen LogP contribution in [0.4, 0.5) is 5.69 Å². The predicted octanol–water partition coefficient (Wildman–Crippen LogP) is 3.15. The van der Waals surface area contributed by atoms with E-state index < -0.39 is 10.0 Å². The summed E-state index contributed by atoms with van der Waals surface area (Å²) in [5.74, 6) is 0.273. The molecule has 0 spiro atoms. The SMILES string of the molecule is C=C(Nc1ccc(CC)nc1S(N)(=O)=O)c1cc(C)cc2c(=O)cc(-c3ccc(=O)n(C)c3)oc12. The topological polar surface area (TPSA) is 137 Å². The fourth-order valence-electron chi connectivity index (χ4n) is 3.73. The van der Waals surface area contributed by atoms with E-state index in [0.717, 1.165) is 5.56 Å². The van der Waals surface area contributed by atoms with E-state index in [0.29, 0.717) is 28.6 Å². The summed E-state index contributed by atoms with van der Waals surface area (Å²) in [5.41, 5.74) is 2.60. The van der Waals surface area contributed by atoms with E-state index in [4.69, 9.17) is 9.56 Å². The minimum atomic E-state index is -4.12. The third kappa shape index (κ3) is 4.79. The summed E-state index contributed by atoms with van der Waals surface area (Å²) in [5, 5.41) is 8.40. The molecule has 1 aromatic carbocycles. The van der Waals surface area contributed by atoms with Crippen molar-refractivity contribution in [1.82, 2.24) is 9.55 Å². The normalized spacial score (nSPS) is 11.5. The van der Waals surface area contributed by atoms with Crippen LogP contribution >= 0.6 is 0 Å². The molecule has 0 radical (unpaired) electrons. The molecular weight excluding hydrogens is 468 g/mol. The molecule has 0 unspecified atom stereocenters. The van der Waals surface area contributed by atoms with Crippen LogP contribution in [-0.2, 0) is 23.5 Å². The third-order valence-corrected chi connectivity index (χ3v) is 6.35. The Morgan fingerprint density at radius 2 is 1.91 bits per heavy atom. The molecule has 0 bridgehead atoms. The summed E-state index contributed by atoms with van der Waals surface area (Å²) in [6.45, 7) is 7.73. The summed E-state index contributed by atoms with van der Waals surface area (Å²) in [6, 6.07) is 11.1. The van der Waals surface area contributed by atoms with Crippen molar-refractivity contribution in [3.05, 3.63) is 92.6 Å². The Labute approximate surface area is 201 Å². The van der Waals surface area contributed by atoms with Crippen LogP contribution in [0.15, 0.2) is 74.3 Å². The van der Waals surface area contributed by atoms with Gasteiger partial charge in [0.05, 0.1) is 11.1 Å². The number of pyridine rings is 2. The van der Waals surface area contributed by atoms with Gasteiger partial charge in [0.25, 0.3) is 10.0 Å². The Hall–Kier alpha value is -4.02. The maximum absolute atomic E-state index is 13.0. The Kier molecular flexibility index (Phi) is 6.18. The molecule has 4 aromatic rings. The number of sulfonamides is 1. The molecule has 0 aliphatic heterocycles. The maximum Gasteiger partial charge on any atom is 0.257 e. The van der Waals surface area contributed by atoms with Gasteiger partial charge in [0, 0.05) is 47.9 Å². The van der Waals surface area contributed by atoms with E-state index >= 15 is 0 Å². The molecule has 0 saturated heterocycles. The van der Waals surface area contributed by atoms with Crippen molar-refractivity contribution >= 4 is 32.4 Å². The van der Waals surface area contributed by atoms with E-state index in [9.17, 15) is 18.0 Å². The van der Waals surface area contributed by atoms with E-state index in [1.54, 1.807) is 43.6 Å². The van der Waals surface area contributed by atoms with Crippen molar-refractivity contribution in [2.75, 3.05) is 5.32 Å². The fraction of sp³-hybridized carbons (Fsp3) is 0.160. The summed E-state index contributed by atoms with van der Waals surface area (Å²) >= 11 is 0. The second-order valence-corrected chi connectivity index (χ2v) is 9.67. The zero-order chi connectivity index (χ0) is 25.5. The van der Waals surface area contributed by atoms with Gasteiger partial charge in [-0.25, -0.2) is 18.5 Å². The van der Waals surface area contributed by atoms with Gasteiger partial charge in [0.2, 0.25) is 5.56 Å². The Morgan fingerprint density at radius 1 is 1.17 bits per heavy atom. The molecule has 3 N–H and O–H groups in total. The lowest BCUT2D eigenvalue weighted by Crippen LogP contribution is -2.17. The van der Waals surface area contributed by atoms with Gasteiger partial charge in [-0.3, -0.25) is 9.59 Å². The van der Waals surface area contributed by atoms with Crippen molar-refractivity contribution in [3.8, 4) is 11.3 Å². The zero-order valence-corrected chi connectivity index (χ0v) is 20.3. The first kappa shape index (κ1) is 24.1. The molecule has 4 rings (SSSR count). The van der Waals surface area contributed by atoms with Crippen LogP contribution in [0.3, 0.4) is 0 Å². The van der Waals surface area contributed by atoms with Gasteiger partial charge in [-0.15, -0.1) is 0 Å². The number of nitrogens with two attached hydrogens (primary N) is 1. The Bertz CT molecular complexity index is 1720. The molecule has 9 nitrogen and oxygen atoms in total. The number of hydrogen-bond donors (Lipinski definition) is 2. The first-order valence-electron chi connectivity index (χ1n) is 10.7. The molecule has 0 saturated carbocycles. The summed E-state index contributed by atoms with van der Waals surface area (Å²) in [7, 11) is -2.51. The van der Waals surface area contributed by atoms with E-state index in [2.05, 4.69) is 16.9 Å². The molecule has 0 aliphatic carbocycles. The molecule has 35 heavy (non-hydrogen) atoms. The molecular formula is C25H24N4O5S. The predicted molar refractivity (Wildman–Crippen MR) is 136 cm³/mol. The molecule has 180 valence electrons. The van der Waals surface area contributed by atoms with Crippen LogP contribution in [0.1, 0.15) is 23.7 Å². The number of fused-ring (bicyclic) bond motifs is 1. The summed E-state index contributed by atoms with van der Waals surface area (Å²) < 4.78 is 31.8. The second-order valence-electron chi connectivity index (χ2n) is 8.19. The number of aromatic nitrogens is 2. The van der Waals surface area contributed by atoms with Crippen LogP contribution in [0.2, 0.25) is 0 Å². The van der Waals surface area contributed by atoms with Gasteiger partial charge >= 0.3 is 0 Å². The largest absolute Gasteiger partial charge is 0.455 e. The highest BCUT2D eigenvalue weighted by Crippen LogP contribution is 2.30. The molecule has 3 heterocycles. The minimum absolute atomic E-state index is 0.154. The number of nitrogens with zero attached hydrogens (tertiary/aromatic N) is 2. The van der Waals surface area contributed by atoms with Crippen LogP contribution in [0.25, 0.3) is 28.0 Å². The lowest BCUT2D eigenvalue weighted by molar-refractivity contribution is 0.594. The number of aryl methyl sites for hydroxylation is 3. The van der Waals surface area contributed by atoms with Gasteiger partial charge in [-0.2, -0.15) is 0 Å². The minimum Gasteiger partial charge on any atom is -0.455 e.